The van der Waals surface area contributed by atoms with Crippen molar-refractivity contribution in [2.75, 3.05) is 0 Å². The van der Waals surface area contributed by atoms with Crippen molar-refractivity contribution in [2.24, 2.45) is 0 Å². The number of hydrogen-bond donors (Lipinski definition) is 0. The molecular formula is C16H16CrO3Sn. The summed E-state index contributed by atoms with van der Waals surface area (Å²) >= 11 is -1.93. The Morgan fingerprint density at radius 2 is 1.14 bits per heavy atom. The Labute approximate surface area is 140 Å². The Kier molecular flexibility index (Phi) is 17.1. The summed E-state index contributed by atoms with van der Waals surface area (Å²) in [6.07, 6.45) is 0. The van der Waals surface area contributed by atoms with Crippen LogP contribution in [0, 0.1) is 20.0 Å². The van der Waals surface area contributed by atoms with Crippen LogP contribution in [-0.2, 0) is 31.3 Å². The fourth-order valence-electron chi connectivity index (χ4n) is 1.88. The molecule has 0 radical (unpaired) electrons. The molecule has 0 N–H and O–H groups in total. The number of rotatable bonds is 1. The van der Waals surface area contributed by atoms with Crippen LogP contribution in [0.5, 0.6) is 0 Å². The van der Waals surface area contributed by atoms with Crippen LogP contribution >= 0.6 is 0 Å². The molecule has 0 saturated carbocycles. The van der Waals surface area contributed by atoms with Gasteiger partial charge in [0.15, 0.2) is 0 Å². The Bertz CT molecular complexity index is 564. The van der Waals surface area contributed by atoms with Gasteiger partial charge in [0.05, 0.1) is 0 Å². The average molecular weight is 427 g/mol. The van der Waals surface area contributed by atoms with E-state index in [0.717, 1.165) is 0 Å². The number of hydrogen-bond acceptors (Lipinski definition) is 0. The Morgan fingerprint density at radius 3 is 1.62 bits per heavy atom. The zero-order valence-electron chi connectivity index (χ0n) is 12.2. The van der Waals surface area contributed by atoms with E-state index in [1.165, 1.54) is 10.8 Å². The molecule has 108 valence electrons. The minimum Gasteiger partial charge on any atom is 0 e. The maximum absolute atomic E-state index is 7.50. The van der Waals surface area contributed by atoms with E-state index in [4.69, 9.17) is 14.0 Å². The normalized spacial score (nSPS) is 8.24. The van der Waals surface area contributed by atoms with Crippen LogP contribution in [0.4, 0.5) is 0 Å². The number of benzene rings is 2. The van der Waals surface area contributed by atoms with E-state index in [9.17, 15) is 0 Å². The molecule has 0 bridgehead atoms. The second kappa shape index (κ2) is 14.2. The van der Waals surface area contributed by atoms with Crippen molar-refractivity contribution < 1.29 is 31.3 Å². The van der Waals surface area contributed by atoms with Crippen LogP contribution in [-0.4, -0.2) is 18.4 Å². The maximum atomic E-state index is 7.50. The molecule has 21 heavy (non-hydrogen) atoms. The Hall–Kier alpha value is -0.749. The SMILES string of the molecule is [C-]#[O+].[C-]#[O+].[C-]#[O+].[CH3][Sn]([CH3])([CH3])[c]1cccc2ccccc12.[Cr]. The first-order valence-corrected chi connectivity index (χ1v) is 15.7. The summed E-state index contributed by atoms with van der Waals surface area (Å²) < 4.78 is 24.1. The molecule has 0 aliphatic carbocycles. The topological polar surface area (TPSA) is 59.7 Å². The summed E-state index contributed by atoms with van der Waals surface area (Å²) in [4.78, 5) is 7.41. The third-order valence-electron chi connectivity index (χ3n) is 2.60. The maximum Gasteiger partial charge on any atom is 0 e. The van der Waals surface area contributed by atoms with Crippen molar-refractivity contribution in [1.82, 2.24) is 0 Å². The van der Waals surface area contributed by atoms with Crippen molar-refractivity contribution in [3.8, 4) is 0 Å². The van der Waals surface area contributed by atoms with Crippen molar-refractivity contribution in [2.45, 2.75) is 14.8 Å². The van der Waals surface area contributed by atoms with E-state index in [2.05, 4.69) is 77.2 Å². The van der Waals surface area contributed by atoms with Gasteiger partial charge in [-0.1, -0.05) is 0 Å². The van der Waals surface area contributed by atoms with Gasteiger partial charge in [0.25, 0.3) is 0 Å². The first-order valence-electron chi connectivity index (χ1n) is 5.68. The fraction of sp³-hybridized carbons (Fsp3) is 0.188. The molecule has 2 rings (SSSR count). The van der Waals surface area contributed by atoms with Crippen molar-refractivity contribution in [1.29, 1.82) is 0 Å². The van der Waals surface area contributed by atoms with E-state index < -0.39 is 18.4 Å². The van der Waals surface area contributed by atoms with Crippen molar-refractivity contribution in [3.05, 3.63) is 62.4 Å². The molecule has 0 aliphatic heterocycles. The average Bonchev–Trinajstić information content (AvgIpc) is 2.52. The fourth-order valence-corrected chi connectivity index (χ4v) is 6.54. The minimum atomic E-state index is -1.93. The zero-order chi connectivity index (χ0) is 16.2. The molecule has 0 fully saturated rings. The van der Waals surface area contributed by atoms with Gasteiger partial charge in [-0.3, -0.25) is 0 Å². The molecule has 0 aliphatic rings. The van der Waals surface area contributed by atoms with Crippen LogP contribution in [0.3, 0.4) is 0 Å². The van der Waals surface area contributed by atoms with E-state index in [1.807, 2.05) is 0 Å². The summed E-state index contributed by atoms with van der Waals surface area (Å²) in [5.74, 6) is 0. The van der Waals surface area contributed by atoms with Crippen LogP contribution < -0.4 is 3.58 Å². The molecule has 5 heteroatoms. The quantitative estimate of drug-likeness (QED) is 0.382. The Balaban J connectivity index is -0.000000414. The van der Waals surface area contributed by atoms with Gasteiger partial charge in [-0.15, -0.1) is 0 Å². The zero-order valence-corrected chi connectivity index (χ0v) is 16.3. The third kappa shape index (κ3) is 8.31. The van der Waals surface area contributed by atoms with E-state index in [-0.39, 0.29) is 17.4 Å². The minimum absolute atomic E-state index is 0. The molecule has 0 heterocycles. The second-order valence-electron chi connectivity index (χ2n) is 4.78. The third-order valence-corrected chi connectivity index (χ3v) is 8.45. The van der Waals surface area contributed by atoms with E-state index in [1.54, 1.807) is 3.58 Å². The van der Waals surface area contributed by atoms with E-state index >= 15 is 0 Å². The predicted octanol–water partition coefficient (Wildman–Crippen LogP) is 3.27. The molecular weight excluding hydrogens is 411 g/mol. The van der Waals surface area contributed by atoms with Gasteiger partial charge < -0.3 is 0 Å². The van der Waals surface area contributed by atoms with Crippen molar-refractivity contribution in [3.63, 3.8) is 0 Å². The standard InChI is InChI=1S/C10H7.3CO.3CH3.Cr.Sn/c1-2-6-10-8-4-3-7-9(10)5-1;3*1-2;;;;;/h1-7H;;;;3*1H3;;. The molecule has 2 aromatic carbocycles. The summed E-state index contributed by atoms with van der Waals surface area (Å²) in [7, 11) is 0. The van der Waals surface area contributed by atoms with Gasteiger partial charge in [-0.25, -0.2) is 0 Å². The van der Waals surface area contributed by atoms with Crippen LogP contribution in [0.15, 0.2) is 42.5 Å². The molecule has 0 amide bonds. The molecule has 3 nitrogen and oxygen atoms in total. The largest absolute Gasteiger partial charge is 0 e. The van der Waals surface area contributed by atoms with Crippen LogP contribution in [0.25, 0.3) is 10.8 Å². The Morgan fingerprint density at radius 1 is 0.714 bits per heavy atom. The van der Waals surface area contributed by atoms with Crippen molar-refractivity contribution >= 4 is 32.7 Å². The molecule has 0 saturated heterocycles. The molecule has 0 unspecified atom stereocenters. The van der Waals surface area contributed by atoms with Crippen LogP contribution in [0.1, 0.15) is 0 Å². The van der Waals surface area contributed by atoms with Gasteiger partial charge >= 0.3 is 124 Å². The van der Waals surface area contributed by atoms with Gasteiger partial charge in [0.2, 0.25) is 0 Å². The summed E-state index contributed by atoms with van der Waals surface area (Å²) in [5, 5.41) is 2.86. The van der Waals surface area contributed by atoms with Gasteiger partial charge in [0, 0.05) is 17.4 Å². The monoisotopic (exact) mass is 428 g/mol. The van der Waals surface area contributed by atoms with Gasteiger partial charge in [-0.05, 0) is 0 Å². The smallest absolute Gasteiger partial charge is 0 e. The summed E-state index contributed by atoms with van der Waals surface area (Å²) in [6, 6.07) is 15.4. The molecule has 2 aromatic rings. The van der Waals surface area contributed by atoms with E-state index in [0.29, 0.717) is 0 Å². The molecule has 0 atom stereocenters. The first-order chi connectivity index (χ1) is 9.59. The number of fused-ring (bicyclic) bond motifs is 1. The molecule has 0 spiro atoms. The summed E-state index contributed by atoms with van der Waals surface area (Å²) in [5.41, 5.74) is 0. The first kappa shape index (κ1) is 25.2. The predicted molar refractivity (Wildman–Crippen MR) is 78.7 cm³/mol. The van der Waals surface area contributed by atoms with Crippen LogP contribution in [0.2, 0.25) is 14.8 Å². The summed E-state index contributed by atoms with van der Waals surface area (Å²) in [6.45, 7) is 13.5. The van der Waals surface area contributed by atoms with Gasteiger partial charge in [-0.2, -0.15) is 0 Å². The second-order valence-corrected chi connectivity index (χ2v) is 19.2. The molecule has 0 aromatic heterocycles. The van der Waals surface area contributed by atoms with Gasteiger partial charge in [0.1, 0.15) is 0 Å².